The number of piperidine rings is 1. The number of likely N-dealkylation sites (tertiary alicyclic amines) is 1. The molecule has 2 aromatic heterocycles. The summed E-state index contributed by atoms with van der Waals surface area (Å²) in [7, 11) is 0. The van der Waals surface area contributed by atoms with Crippen LogP contribution in [0.2, 0.25) is 0 Å². The molecule has 158 valence electrons. The number of aromatic nitrogens is 2. The topological polar surface area (TPSA) is 66.7 Å². The van der Waals surface area contributed by atoms with E-state index in [2.05, 4.69) is 10.3 Å². The molecule has 1 fully saturated rings. The Balaban J connectivity index is 0.000000367. The van der Waals surface area contributed by atoms with Crippen molar-refractivity contribution in [3.63, 3.8) is 0 Å². The number of hydrogen-bond acceptors (Lipinski definition) is 3. The van der Waals surface area contributed by atoms with Gasteiger partial charge in [0.15, 0.2) is 0 Å². The summed E-state index contributed by atoms with van der Waals surface area (Å²) < 4.78 is 1.85. The number of nitrogens with zero attached hydrogens (tertiary/aromatic N) is 3. The quantitative estimate of drug-likeness (QED) is 0.717. The van der Waals surface area contributed by atoms with Crippen molar-refractivity contribution in [2.75, 3.05) is 13.1 Å². The van der Waals surface area contributed by atoms with Crippen LogP contribution < -0.4 is 5.32 Å². The highest BCUT2D eigenvalue weighted by Crippen LogP contribution is 2.17. The van der Waals surface area contributed by atoms with Gasteiger partial charge in [-0.05, 0) is 30.9 Å². The number of amides is 2. The van der Waals surface area contributed by atoms with Crippen LogP contribution in [0.5, 0.6) is 0 Å². The van der Waals surface area contributed by atoms with Crippen LogP contribution in [-0.4, -0.2) is 45.2 Å². The maximum atomic E-state index is 12.9. The molecule has 1 atom stereocenters. The first-order valence-corrected chi connectivity index (χ1v) is 10.5. The minimum atomic E-state index is 0.00362. The van der Waals surface area contributed by atoms with E-state index < -0.39 is 0 Å². The van der Waals surface area contributed by atoms with Gasteiger partial charge in [0.05, 0.1) is 23.6 Å². The zero-order valence-electron chi connectivity index (χ0n) is 17.7. The Labute approximate surface area is 177 Å². The summed E-state index contributed by atoms with van der Waals surface area (Å²) in [5, 5.41) is 3.07. The van der Waals surface area contributed by atoms with E-state index in [0.29, 0.717) is 24.4 Å². The molecule has 1 aliphatic heterocycles. The number of imidazole rings is 1. The Morgan fingerprint density at radius 3 is 2.50 bits per heavy atom. The fraction of sp³-hybridized carbons (Fsp3) is 0.375. The maximum absolute atomic E-state index is 12.9. The predicted octanol–water partition coefficient (Wildman–Crippen LogP) is 3.79. The lowest BCUT2D eigenvalue weighted by molar-refractivity contribution is -0.122. The average molecular weight is 407 g/mol. The molecule has 3 heterocycles. The van der Waals surface area contributed by atoms with Crippen LogP contribution in [0.4, 0.5) is 0 Å². The van der Waals surface area contributed by atoms with Crippen LogP contribution in [0.1, 0.15) is 43.5 Å². The average Bonchev–Trinajstić information content (AvgIpc) is 3.23. The summed E-state index contributed by atoms with van der Waals surface area (Å²) in [4.78, 5) is 30.8. The lowest BCUT2D eigenvalue weighted by atomic mass is 10.0. The van der Waals surface area contributed by atoms with Gasteiger partial charge in [0.2, 0.25) is 5.91 Å². The van der Waals surface area contributed by atoms with Gasteiger partial charge in [0, 0.05) is 31.7 Å². The molecule has 30 heavy (non-hydrogen) atoms. The molecule has 1 saturated heterocycles. The SMILES string of the molecule is CC(C)CC(=O)NC1CCCN(C(=O)c2cccn3cncc23)C1.c1ccccc1. The van der Waals surface area contributed by atoms with E-state index in [1.54, 1.807) is 12.5 Å². The normalized spacial score (nSPS) is 16.1. The van der Waals surface area contributed by atoms with Gasteiger partial charge in [-0.15, -0.1) is 0 Å². The second kappa shape index (κ2) is 10.6. The van der Waals surface area contributed by atoms with E-state index in [1.807, 2.05) is 77.9 Å². The summed E-state index contributed by atoms with van der Waals surface area (Å²) in [5.41, 5.74) is 1.47. The maximum Gasteiger partial charge on any atom is 0.256 e. The van der Waals surface area contributed by atoms with Gasteiger partial charge in [-0.2, -0.15) is 0 Å². The van der Waals surface area contributed by atoms with Crippen LogP contribution in [0.25, 0.3) is 5.52 Å². The number of fused-ring (bicyclic) bond motifs is 1. The molecule has 3 aromatic rings. The summed E-state index contributed by atoms with van der Waals surface area (Å²) in [5.74, 6) is 0.414. The molecule has 1 unspecified atom stereocenters. The molecule has 6 nitrogen and oxygen atoms in total. The fourth-order valence-corrected chi connectivity index (χ4v) is 3.62. The molecule has 1 aliphatic rings. The zero-order chi connectivity index (χ0) is 21.3. The van der Waals surface area contributed by atoms with Crippen LogP contribution >= 0.6 is 0 Å². The van der Waals surface area contributed by atoms with E-state index in [0.717, 1.165) is 24.9 Å². The smallest absolute Gasteiger partial charge is 0.256 e. The Kier molecular flexibility index (Phi) is 7.60. The first kappa shape index (κ1) is 21.6. The molecular weight excluding hydrogens is 376 g/mol. The van der Waals surface area contributed by atoms with E-state index in [4.69, 9.17) is 0 Å². The number of rotatable bonds is 4. The second-order valence-electron chi connectivity index (χ2n) is 8.02. The van der Waals surface area contributed by atoms with Gasteiger partial charge in [-0.3, -0.25) is 9.59 Å². The molecule has 0 aliphatic carbocycles. The fourth-order valence-electron chi connectivity index (χ4n) is 3.62. The molecule has 0 radical (unpaired) electrons. The van der Waals surface area contributed by atoms with Crippen molar-refractivity contribution in [2.24, 2.45) is 5.92 Å². The van der Waals surface area contributed by atoms with Crippen molar-refractivity contribution in [1.82, 2.24) is 19.6 Å². The third kappa shape index (κ3) is 5.92. The minimum Gasteiger partial charge on any atom is -0.352 e. The van der Waals surface area contributed by atoms with Crippen LogP contribution in [-0.2, 0) is 4.79 Å². The first-order chi connectivity index (χ1) is 14.5. The van der Waals surface area contributed by atoms with Crippen molar-refractivity contribution in [1.29, 1.82) is 0 Å². The summed E-state index contributed by atoms with van der Waals surface area (Å²) in [6.07, 6.45) is 7.63. The van der Waals surface area contributed by atoms with Crippen molar-refractivity contribution in [3.8, 4) is 0 Å². The van der Waals surface area contributed by atoms with E-state index in [9.17, 15) is 9.59 Å². The first-order valence-electron chi connectivity index (χ1n) is 10.5. The highest BCUT2D eigenvalue weighted by atomic mass is 16.2. The third-order valence-corrected chi connectivity index (χ3v) is 5.02. The number of nitrogens with one attached hydrogen (secondary N) is 1. The molecule has 0 bridgehead atoms. The van der Waals surface area contributed by atoms with Gasteiger partial charge in [-0.25, -0.2) is 4.98 Å². The Morgan fingerprint density at radius 1 is 1.13 bits per heavy atom. The van der Waals surface area contributed by atoms with E-state index in [-0.39, 0.29) is 17.9 Å². The van der Waals surface area contributed by atoms with Gasteiger partial charge in [0.1, 0.15) is 0 Å². The Morgan fingerprint density at radius 2 is 1.83 bits per heavy atom. The van der Waals surface area contributed by atoms with Crippen molar-refractivity contribution < 1.29 is 9.59 Å². The summed E-state index contributed by atoms with van der Waals surface area (Å²) in [6.45, 7) is 5.35. The van der Waals surface area contributed by atoms with Crippen molar-refractivity contribution in [2.45, 2.75) is 39.2 Å². The number of hydrogen-bond donors (Lipinski definition) is 1. The molecule has 0 saturated carbocycles. The van der Waals surface area contributed by atoms with Gasteiger partial charge < -0.3 is 14.6 Å². The van der Waals surface area contributed by atoms with Crippen molar-refractivity contribution in [3.05, 3.63) is 72.8 Å². The van der Waals surface area contributed by atoms with Crippen LogP contribution in [0.3, 0.4) is 0 Å². The monoisotopic (exact) mass is 406 g/mol. The molecule has 0 spiro atoms. The standard InChI is InChI=1S/C18H24N4O2.C6H6/c1-13(2)9-17(23)20-14-5-3-7-21(11-14)18(24)15-6-4-8-22-12-19-10-16(15)22;1-2-4-6-5-3-1/h4,6,8,10,12-14H,3,5,7,9,11H2,1-2H3,(H,20,23);1-6H. The number of benzene rings is 1. The predicted molar refractivity (Wildman–Crippen MR) is 118 cm³/mol. The molecule has 1 aromatic carbocycles. The third-order valence-electron chi connectivity index (χ3n) is 5.02. The van der Waals surface area contributed by atoms with Gasteiger partial charge in [0.25, 0.3) is 5.91 Å². The Bertz CT molecular complexity index is 925. The van der Waals surface area contributed by atoms with Gasteiger partial charge >= 0.3 is 0 Å². The molecular formula is C24H30N4O2. The highest BCUT2D eigenvalue weighted by Gasteiger charge is 2.26. The van der Waals surface area contributed by atoms with Crippen LogP contribution in [0, 0.1) is 5.92 Å². The van der Waals surface area contributed by atoms with Crippen molar-refractivity contribution >= 4 is 17.3 Å². The van der Waals surface area contributed by atoms with E-state index >= 15 is 0 Å². The van der Waals surface area contributed by atoms with E-state index in [1.165, 1.54) is 0 Å². The zero-order valence-corrected chi connectivity index (χ0v) is 17.7. The lowest BCUT2D eigenvalue weighted by Gasteiger charge is -2.33. The summed E-state index contributed by atoms with van der Waals surface area (Å²) in [6, 6.07) is 15.7. The molecule has 4 rings (SSSR count). The van der Waals surface area contributed by atoms with Gasteiger partial charge in [-0.1, -0.05) is 50.2 Å². The Hall–Kier alpha value is -3.15. The number of carbonyl (C=O) groups excluding carboxylic acids is 2. The molecule has 2 amide bonds. The molecule has 6 heteroatoms. The summed E-state index contributed by atoms with van der Waals surface area (Å²) >= 11 is 0. The molecule has 1 N–H and O–H groups in total. The highest BCUT2D eigenvalue weighted by molar-refractivity contribution is 6.00. The second-order valence-corrected chi connectivity index (χ2v) is 8.02. The largest absolute Gasteiger partial charge is 0.352 e. The number of pyridine rings is 1. The lowest BCUT2D eigenvalue weighted by Crippen LogP contribution is -2.49. The minimum absolute atomic E-state index is 0.00362. The number of carbonyl (C=O) groups is 2. The van der Waals surface area contributed by atoms with Crippen LogP contribution in [0.15, 0.2) is 67.3 Å².